The van der Waals surface area contributed by atoms with E-state index in [1.165, 1.54) is 18.9 Å². The lowest BCUT2D eigenvalue weighted by molar-refractivity contribution is -0.140. The zero-order chi connectivity index (χ0) is 10.4. The van der Waals surface area contributed by atoms with Crippen LogP contribution in [0.15, 0.2) is 17.2 Å². The molecular weight excluding hydrogens is 202 g/mol. The Bertz CT molecular complexity index is 302. The van der Waals surface area contributed by atoms with E-state index in [9.17, 15) is 4.79 Å². The average Bonchev–Trinajstić information content (AvgIpc) is 2.21. The third-order valence-corrected chi connectivity index (χ3v) is 2.37. The predicted octanol–water partition coefficient (Wildman–Crippen LogP) is 0.714. The number of nitrogens with zero attached hydrogens (tertiary/aromatic N) is 2. The average molecular weight is 213 g/mol. The molecule has 0 aromatic carbocycles. The van der Waals surface area contributed by atoms with Crippen molar-refractivity contribution >= 4 is 23.5 Å². The van der Waals surface area contributed by atoms with Crippen molar-refractivity contribution < 1.29 is 9.53 Å². The maximum Gasteiger partial charge on any atom is 0.306 e. The Morgan fingerprint density at radius 2 is 2.36 bits per heavy atom. The maximum absolute atomic E-state index is 10.8. The van der Waals surface area contributed by atoms with Gasteiger partial charge in [-0.2, -0.15) is 0 Å². The standard InChI is InChI=1S/C8H11N3O2S/c1-13-8(12)4-5-14-7-3-2-6(9)10-11-7/h2-3H,4-5H2,1H3,(H2,9,10). The number of aromatic nitrogens is 2. The third-order valence-electron chi connectivity index (χ3n) is 1.44. The SMILES string of the molecule is COC(=O)CCSc1ccc(N)nn1. The van der Waals surface area contributed by atoms with Crippen LogP contribution < -0.4 is 5.73 Å². The van der Waals surface area contributed by atoms with E-state index in [-0.39, 0.29) is 5.97 Å². The number of anilines is 1. The van der Waals surface area contributed by atoms with Gasteiger partial charge in [0.2, 0.25) is 0 Å². The molecule has 0 fully saturated rings. The second-order valence-electron chi connectivity index (χ2n) is 2.47. The van der Waals surface area contributed by atoms with Crippen molar-refractivity contribution in [2.45, 2.75) is 11.4 Å². The largest absolute Gasteiger partial charge is 0.469 e. The summed E-state index contributed by atoms with van der Waals surface area (Å²) < 4.78 is 4.50. The van der Waals surface area contributed by atoms with Crippen molar-refractivity contribution in [3.63, 3.8) is 0 Å². The molecule has 0 bridgehead atoms. The molecule has 0 atom stereocenters. The van der Waals surface area contributed by atoms with Crippen LogP contribution in [0.4, 0.5) is 5.82 Å². The number of esters is 1. The molecule has 0 amide bonds. The van der Waals surface area contributed by atoms with Crippen molar-refractivity contribution in [3.05, 3.63) is 12.1 Å². The highest BCUT2D eigenvalue weighted by molar-refractivity contribution is 7.99. The van der Waals surface area contributed by atoms with Crippen molar-refractivity contribution in [1.82, 2.24) is 10.2 Å². The third kappa shape index (κ3) is 3.61. The van der Waals surface area contributed by atoms with E-state index in [1.807, 2.05) is 0 Å². The molecule has 0 saturated carbocycles. The van der Waals surface area contributed by atoms with Crippen LogP contribution in [0.1, 0.15) is 6.42 Å². The van der Waals surface area contributed by atoms with Crippen LogP contribution in [0.5, 0.6) is 0 Å². The highest BCUT2D eigenvalue weighted by Crippen LogP contribution is 2.15. The number of hydrogen-bond donors (Lipinski definition) is 1. The molecule has 0 spiro atoms. The Morgan fingerprint density at radius 3 is 2.93 bits per heavy atom. The molecule has 0 aliphatic carbocycles. The molecule has 0 aliphatic rings. The molecule has 1 aromatic heterocycles. The maximum atomic E-state index is 10.8. The van der Waals surface area contributed by atoms with Crippen LogP contribution >= 0.6 is 11.8 Å². The number of ether oxygens (including phenoxy) is 1. The van der Waals surface area contributed by atoms with Gasteiger partial charge in [0.05, 0.1) is 13.5 Å². The van der Waals surface area contributed by atoms with Crippen molar-refractivity contribution in [2.75, 3.05) is 18.6 Å². The molecular formula is C8H11N3O2S. The summed E-state index contributed by atoms with van der Waals surface area (Å²) >= 11 is 1.44. The molecule has 2 N–H and O–H groups in total. The van der Waals surface area contributed by atoms with Gasteiger partial charge in [-0.25, -0.2) is 0 Å². The van der Waals surface area contributed by atoms with Crippen LogP contribution in [0.2, 0.25) is 0 Å². The highest BCUT2D eigenvalue weighted by Gasteiger charge is 2.01. The van der Waals surface area contributed by atoms with Crippen molar-refractivity contribution in [3.8, 4) is 0 Å². The lowest BCUT2D eigenvalue weighted by Gasteiger charge is -1.99. The Balaban J connectivity index is 2.31. The van der Waals surface area contributed by atoms with Gasteiger partial charge in [0, 0.05) is 5.75 Å². The number of nitrogen functional groups attached to an aromatic ring is 1. The number of hydrogen-bond acceptors (Lipinski definition) is 6. The molecule has 14 heavy (non-hydrogen) atoms. The van der Waals surface area contributed by atoms with Crippen LogP contribution in [0.3, 0.4) is 0 Å². The molecule has 1 aromatic rings. The topological polar surface area (TPSA) is 78.1 Å². The van der Waals surface area contributed by atoms with Crippen LogP contribution in [-0.4, -0.2) is 29.0 Å². The summed E-state index contributed by atoms with van der Waals surface area (Å²) in [6, 6.07) is 3.44. The Labute approximate surface area is 86.0 Å². The van der Waals surface area contributed by atoms with Crippen LogP contribution in [0.25, 0.3) is 0 Å². The summed E-state index contributed by atoms with van der Waals surface area (Å²) in [5.41, 5.74) is 5.37. The van der Waals surface area contributed by atoms with Gasteiger partial charge in [-0.1, -0.05) is 0 Å². The number of methoxy groups -OCH3 is 1. The monoisotopic (exact) mass is 213 g/mol. The first-order valence-corrected chi connectivity index (χ1v) is 5.00. The van der Waals surface area contributed by atoms with Gasteiger partial charge in [-0.15, -0.1) is 22.0 Å². The Kier molecular flexibility index (Phi) is 4.18. The molecule has 1 heterocycles. The fourth-order valence-corrected chi connectivity index (χ4v) is 1.49. The van der Waals surface area contributed by atoms with Gasteiger partial charge in [-0.05, 0) is 12.1 Å². The van der Waals surface area contributed by atoms with Crippen LogP contribution in [-0.2, 0) is 9.53 Å². The van der Waals surface area contributed by atoms with Gasteiger partial charge in [0.1, 0.15) is 10.8 Å². The Morgan fingerprint density at radius 1 is 1.57 bits per heavy atom. The summed E-state index contributed by atoms with van der Waals surface area (Å²) in [6.45, 7) is 0. The van der Waals surface area contributed by atoms with E-state index in [1.54, 1.807) is 12.1 Å². The normalized spacial score (nSPS) is 9.79. The molecule has 5 nitrogen and oxygen atoms in total. The van der Waals surface area contributed by atoms with E-state index in [2.05, 4.69) is 14.9 Å². The minimum Gasteiger partial charge on any atom is -0.469 e. The van der Waals surface area contributed by atoms with E-state index in [0.29, 0.717) is 18.0 Å². The summed E-state index contributed by atoms with van der Waals surface area (Å²) in [7, 11) is 1.37. The van der Waals surface area contributed by atoms with E-state index in [4.69, 9.17) is 5.73 Å². The van der Waals surface area contributed by atoms with Gasteiger partial charge < -0.3 is 10.5 Å². The lowest BCUT2D eigenvalue weighted by Crippen LogP contribution is -2.01. The zero-order valence-corrected chi connectivity index (χ0v) is 8.58. The van der Waals surface area contributed by atoms with E-state index >= 15 is 0 Å². The Hall–Kier alpha value is -1.30. The summed E-state index contributed by atoms with van der Waals surface area (Å²) in [5.74, 6) is 0.800. The smallest absolute Gasteiger partial charge is 0.306 e. The first-order chi connectivity index (χ1) is 6.72. The second-order valence-corrected chi connectivity index (χ2v) is 3.59. The minimum atomic E-state index is -0.221. The van der Waals surface area contributed by atoms with E-state index in [0.717, 1.165) is 5.03 Å². The number of carbonyl (C=O) groups is 1. The molecule has 76 valence electrons. The second kappa shape index (κ2) is 5.43. The molecule has 0 aliphatic heterocycles. The van der Waals surface area contributed by atoms with Gasteiger partial charge >= 0.3 is 5.97 Å². The molecule has 0 unspecified atom stereocenters. The first-order valence-electron chi connectivity index (χ1n) is 4.01. The minimum absolute atomic E-state index is 0.221. The number of rotatable bonds is 4. The highest BCUT2D eigenvalue weighted by atomic mass is 32.2. The molecule has 1 rings (SSSR count). The molecule has 0 radical (unpaired) electrons. The number of carbonyl (C=O) groups excluding carboxylic acids is 1. The summed E-state index contributed by atoms with van der Waals surface area (Å²) in [6.07, 6.45) is 0.368. The lowest BCUT2D eigenvalue weighted by atomic mass is 10.5. The van der Waals surface area contributed by atoms with Gasteiger partial charge in [0.25, 0.3) is 0 Å². The first kappa shape index (κ1) is 10.8. The van der Waals surface area contributed by atoms with Crippen LogP contribution in [0, 0.1) is 0 Å². The molecule has 0 saturated heterocycles. The fraction of sp³-hybridized carbons (Fsp3) is 0.375. The fourth-order valence-electron chi connectivity index (χ4n) is 0.748. The zero-order valence-electron chi connectivity index (χ0n) is 7.77. The van der Waals surface area contributed by atoms with Crippen molar-refractivity contribution in [1.29, 1.82) is 0 Å². The summed E-state index contributed by atoms with van der Waals surface area (Å²) in [4.78, 5) is 10.8. The quantitative estimate of drug-likeness (QED) is 0.586. The van der Waals surface area contributed by atoms with E-state index < -0.39 is 0 Å². The summed E-state index contributed by atoms with van der Waals surface area (Å²) in [5, 5.41) is 8.28. The number of nitrogens with two attached hydrogens (primary N) is 1. The van der Waals surface area contributed by atoms with Gasteiger partial charge in [0.15, 0.2) is 0 Å². The molecule has 6 heteroatoms. The number of thioether (sulfide) groups is 1. The van der Waals surface area contributed by atoms with Gasteiger partial charge in [-0.3, -0.25) is 4.79 Å². The van der Waals surface area contributed by atoms with Crippen molar-refractivity contribution in [2.24, 2.45) is 0 Å². The predicted molar refractivity (Wildman–Crippen MR) is 53.8 cm³/mol.